The summed E-state index contributed by atoms with van der Waals surface area (Å²) in [4.78, 5) is 49.0. The number of thioether (sulfide) groups is 1. The first-order valence-electron chi connectivity index (χ1n) is 14.9. The first-order valence-corrected chi connectivity index (χ1v) is 15.8. The van der Waals surface area contributed by atoms with E-state index in [1.54, 1.807) is 33.7 Å². The van der Waals surface area contributed by atoms with E-state index in [1.165, 1.54) is 0 Å². The number of aliphatic hydroxyl groups excluding tert-OH is 1. The van der Waals surface area contributed by atoms with Gasteiger partial charge in [-0.3, -0.25) is 14.4 Å². The highest BCUT2D eigenvalue weighted by Crippen LogP contribution is 2.72. The molecule has 3 amide bonds. The summed E-state index contributed by atoms with van der Waals surface area (Å²) in [6, 6.07) is 4.69. The predicted octanol–water partition coefficient (Wildman–Crippen LogP) is 4.75. The van der Waals surface area contributed by atoms with Crippen molar-refractivity contribution in [1.29, 1.82) is 0 Å². The van der Waals surface area contributed by atoms with Crippen molar-refractivity contribution in [2.45, 2.75) is 82.4 Å². The molecule has 224 valence electrons. The summed E-state index contributed by atoms with van der Waals surface area (Å²) >= 11 is 1.67. The van der Waals surface area contributed by atoms with Crippen LogP contribution in [0.3, 0.4) is 0 Å². The third-order valence-corrected chi connectivity index (χ3v) is 11.4. The third-order valence-electron chi connectivity index (χ3n) is 9.42. The van der Waals surface area contributed by atoms with Crippen LogP contribution in [-0.4, -0.2) is 80.4 Å². The molecule has 8 heteroatoms. The van der Waals surface area contributed by atoms with Gasteiger partial charge in [0.05, 0.1) is 29.2 Å². The maximum atomic E-state index is 14.9. The van der Waals surface area contributed by atoms with E-state index >= 15 is 0 Å². The topological polar surface area (TPSA) is 81.2 Å². The van der Waals surface area contributed by atoms with Crippen molar-refractivity contribution in [3.63, 3.8) is 0 Å². The number of amides is 3. The van der Waals surface area contributed by atoms with Crippen molar-refractivity contribution in [1.82, 2.24) is 9.80 Å². The van der Waals surface area contributed by atoms with E-state index < -0.39 is 33.4 Å². The number of hydrogen-bond acceptors (Lipinski definition) is 5. The Labute approximate surface area is 250 Å². The highest BCUT2D eigenvalue weighted by molar-refractivity contribution is 8.02. The largest absolute Gasteiger partial charge is 0.394 e. The summed E-state index contributed by atoms with van der Waals surface area (Å²) in [5.74, 6) is -1.63. The lowest BCUT2D eigenvalue weighted by Crippen LogP contribution is -2.58. The molecule has 1 spiro atoms. The van der Waals surface area contributed by atoms with Crippen LogP contribution in [0.25, 0.3) is 0 Å². The molecule has 41 heavy (non-hydrogen) atoms. The molecule has 4 rings (SSSR count). The lowest BCUT2D eigenvalue weighted by Gasteiger charge is -2.41. The molecule has 1 aromatic rings. The molecule has 0 aliphatic carbocycles. The SMILES string of the molecule is C=CCN(CCC)C(=O)[C@H]1[C@H]2C(=O)N([C@@H](CO)C(C)C)C(C(=O)N(CC=C)c3cc(C)ccc3C)C23CC[C@]1(C)S3. The lowest BCUT2D eigenvalue weighted by molar-refractivity contribution is -0.147. The number of benzene rings is 1. The van der Waals surface area contributed by atoms with Crippen LogP contribution in [0, 0.1) is 31.6 Å². The van der Waals surface area contributed by atoms with Crippen LogP contribution in [-0.2, 0) is 14.4 Å². The van der Waals surface area contributed by atoms with Crippen LogP contribution in [0.1, 0.15) is 58.1 Å². The minimum atomic E-state index is -0.803. The molecule has 2 unspecified atom stereocenters. The molecule has 6 atom stereocenters. The number of nitrogens with zero attached hydrogens (tertiary/aromatic N) is 3. The number of anilines is 1. The second-order valence-electron chi connectivity index (χ2n) is 12.6. The van der Waals surface area contributed by atoms with E-state index in [-0.39, 0.29) is 30.2 Å². The first kappa shape index (κ1) is 31.4. The van der Waals surface area contributed by atoms with Gasteiger partial charge in [-0.2, -0.15) is 0 Å². The van der Waals surface area contributed by atoms with Gasteiger partial charge in [-0.05, 0) is 63.1 Å². The average Bonchev–Trinajstić information content (AvgIpc) is 3.49. The molecule has 0 radical (unpaired) electrons. The Bertz CT molecular complexity index is 1220. The molecule has 3 aliphatic rings. The molecule has 3 heterocycles. The monoisotopic (exact) mass is 581 g/mol. The zero-order chi connectivity index (χ0) is 30.3. The van der Waals surface area contributed by atoms with Crippen molar-refractivity contribution in [2.24, 2.45) is 17.8 Å². The summed E-state index contributed by atoms with van der Waals surface area (Å²) in [5.41, 5.74) is 2.79. The van der Waals surface area contributed by atoms with Gasteiger partial charge in [-0.1, -0.05) is 45.1 Å². The highest BCUT2D eigenvalue weighted by Gasteiger charge is 2.78. The second-order valence-corrected chi connectivity index (χ2v) is 14.5. The molecule has 3 fully saturated rings. The van der Waals surface area contributed by atoms with Crippen LogP contribution in [0.5, 0.6) is 0 Å². The quantitative estimate of drug-likeness (QED) is 0.361. The molecule has 2 bridgehead atoms. The number of aliphatic hydroxyl groups is 1. The molecular formula is C33H47N3O4S. The fraction of sp³-hybridized carbons (Fsp3) is 0.606. The van der Waals surface area contributed by atoms with E-state index in [4.69, 9.17) is 0 Å². The van der Waals surface area contributed by atoms with E-state index in [2.05, 4.69) is 20.1 Å². The van der Waals surface area contributed by atoms with Crippen molar-refractivity contribution in [3.05, 3.63) is 54.6 Å². The number of hydrogen-bond donors (Lipinski definition) is 1. The van der Waals surface area contributed by atoms with Gasteiger partial charge in [0.15, 0.2) is 0 Å². The number of rotatable bonds is 12. The van der Waals surface area contributed by atoms with E-state index in [0.29, 0.717) is 26.1 Å². The molecule has 7 nitrogen and oxygen atoms in total. The smallest absolute Gasteiger partial charge is 0.251 e. The summed E-state index contributed by atoms with van der Waals surface area (Å²) in [7, 11) is 0. The van der Waals surface area contributed by atoms with Crippen LogP contribution in [0.4, 0.5) is 5.69 Å². The van der Waals surface area contributed by atoms with Crippen molar-refractivity contribution < 1.29 is 19.5 Å². The fourth-order valence-corrected chi connectivity index (χ4v) is 9.83. The fourth-order valence-electron chi connectivity index (χ4n) is 7.50. The molecule has 0 saturated carbocycles. The molecule has 1 aromatic carbocycles. The molecule has 0 aromatic heterocycles. The van der Waals surface area contributed by atoms with E-state index in [0.717, 1.165) is 29.7 Å². The van der Waals surface area contributed by atoms with Gasteiger partial charge in [0.1, 0.15) is 6.04 Å². The zero-order valence-electron chi connectivity index (χ0n) is 25.6. The van der Waals surface area contributed by atoms with Gasteiger partial charge in [0, 0.05) is 30.1 Å². The Morgan fingerprint density at radius 3 is 2.44 bits per heavy atom. The zero-order valence-corrected chi connectivity index (χ0v) is 26.4. The Balaban J connectivity index is 1.88. The van der Waals surface area contributed by atoms with Crippen LogP contribution >= 0.6 is 11.8 Å². The van der Waals surface area contributed by atoms with Crippen molar-refractivity contribution in [3.8, 4) is 0 Å². The lowest BCUT2D eigenvalue weighted by atomic mass is 9.66. The van der Waals surface area contributed by atoms with Crippen molar-refractivity contribution in [2.75, 3.05) is 31.1 Å². The van der Waals surface area contributed by atoms with Crippen LogP contribution in [0.15, 0.2) is 43.5 Å². The number of aryl methyl sites for hydroxylation is 2. The number of likely N-dealkylation sites (tertiary alicyclic amines) is 1. The summed E-state index contributed by atoms with van der Waals surface area (Å²) in [6.07, 6.45) is 5.67. The maximum absolute atomic E-state index is 14.9. The molecule has 3 aliphatic heterocycles. The molecule has 3 saturated heterocycles. The van der Waals surface area contributed by atoms with Crippen LogP contribution < -0.4 is 4.90 Å². The van der Waals surface area contributed by atoms with Gasteiger partial charge in [0.25, 0.3) is 5.91 Å². The van der Waals surface area contributed by atoms with Crippen LogP contribution in [0.2, 0.25) is 0 Å². The Morgan fingerprint density at radius 2 is 1.85 bits per heavy atom. The number of carbonyl (C=O) groups excluding carboxylic acids is 3. The third kappa shape index (κ3) is 5.05. The standard InChI is InChI=1S/C33H47N3O4S/c1-9-16-34(17-10-2)29(38)26-27-30(39)36(25(20-37)21(4)5)28(33(27)15-14-32(26,8)41-33)31(40)35(18-11-3)24-19-22(6)12-13-23(24)7/h9,11-13,19,21,25-28,37H,1,3,10,14-18,20H2,2,4-8H3/t25-,26+,27-,28?,32-,33?/m0/s1. The molecule has 1 N–H and O–H groups in total. The van der Waals surface area contributed by atoms with Gasteiger partial charge in [-0.15, -0.1) is 24.9 Å². The summed E-state index contributed by atoms with van der Waals surface area (Å²) in [5, 5.41) is 10.6. The van der Waals surface area contributed by atoms with Crippen molar-refractivity contribution >= 4 is 35.2 Å². The Morgan fingerprint density at radius 1 is 1.17 bits per heavy atom. The average molecular weight is 582 g/mol. The van der Waals surface area contributed by atoms with E-state index in [9.17, 15) is 19.5 Å². The Hall–Kier alpha value is -2.58. The maximum Gasteiger partial charge on any atom is 0.251 e. The normalized spacial score (nSPS) is 29.0. The van der Waals surface area contributed by atoms with Gasteiger partial charge in [0.2, 0.25) is 11.8 Å². The number of fused-ring (bicyclic) bond motifs is 1. The first-order chi connectivity index (χ1) is 19.4. The minimum absolute atomic E-state index is 0.0303. The predicted molar refractivity (Wildman–Crippen MR) is 167 cm³/mol. The van der Waals surface area contributed by atoms with E-state index in [1.807, 2.05) is 57.7 Å². The Kier molecular flexibility index (Phi) is 9.15. The number of carbonyl (C=O) groups is 3. The van der Waals surface area contributed by atoms with Gasteiger partial charge < -0.3 is 19.8 Å². The molecular weight excluding hydrogens is 534 g/mol. The second kappa shape index (κ2) is 12.0. The summed E-state index contributed by atoms with van der Waals surface area (Å²) < 4.78 is -1.21. The summed E-state index contributed by atoms with van der Waals surface area (Å²) in [6.45, 7) is 20.9. The van der Waals surface area contributed by atoms with Gasteiger partial charge in [-0.25, -0.2) is 0 Å². The van der Waals surface area contributed by atoms with Gasteiger partial charge >= 0.3 is 0 Å². The minimum Gasteiger partial charge on any atom is -0.394 e. The highest BCUT2D eigenvalue weighted by atomic mass is 32.2.